The van der Waals surface area contributed by atoms with Gasteiger partial charge in [0.15, 0.2) is 0 Å². The summed E-state index contributed by atoms with van der Waals surface area (Å²) < 4.78 is 8.29. The Morgan fingerprint density at radius 2 is 2.20 bits per heavy atom. The molecule has 0 radical (unpaired) electrons. The molecule has 1 atom stereocenters. The van der Waals surface area contributed by atoms with E-state index in [0.29, 0.717) is 0 Å². The highest BCUT2D eigenvalue weighted by Crippen LogP contribution is 2.42. The first kappa shape index (κ1) is 15.5. The molecule has 1 saturated carbocycles. The predicted octanol–water partition coefficient (Wildman–Crippen LogP) is 3.15. The van der Waals surface area contributed by atoms with Crippen LogP contribution in [-0.4, -0.2) is 29.3 Å². The molecule has 4 nitrogen and oxygen atoms in total. The van der Waals surface area contributed by atoms with Crippen molar-refractivity contribution in [3.05, 3.63) is 18.2 Å². The van der Waals surface area contributed by atoms with Crippen molar-refractivity contribution in [2.24, 2.45) is 5.92 Å². The van der Waals surface area contributed by atoms with Crippen LogP contribution in [0.25, 0.3) is 0 Å². The first-order chi connectivity index (χ1) is 9.66. The van der Waals surface area contributed by atoms with E-state index in [9.17, 15) is 0 Å². The number of rotatable bonds is 6. The molecule has 0 saturated heterocycles. The molecule has 0 aliphatic heterocycles. The van der Waals surface area contributed by atoms with Crippen molar-refractivity contribution in [2.45, 2.75) is 64.1 Å². The number of likely N-dealkylation sites (N-methyl/N-ethyl adjacent to an activating group) is 1. The smallest absolute Gasteiger partial charge is 0.128 e. The largest absolute Gasteiger partial charge is 0.376 e. The van der Waals surface area contributed by atoms with Gasteiger partial charge in [-0.05, 0) is 45.1 Å². The number of ether oxygens (including phenoxy) is 1. The predicted molar refractivity (Wildman–Crippen MR) is 81.7 cm³/mol. The Labute approximate surface area is 122 Å². The van der Waals surface area contributed by atoms with Crippen molar-refractivity contribution < 1.29 is 4.74 Å². The van der Waals surface area contributed by atoms with E-state index in [1.807, 2.05) is 20.4 Å². The highest BCUT2D eigenvalue weighted by molar-refractivity contribution is 5.09. The van der Waals surface area contributed by atoms with E-state index < -0.39 is 0 Å². The molecule has 1 unspecified atom stereocenters. The molecule has 1 aliphatic rings. The van der Waals surface area contributed by atoms with Crippen molar-refractivity contribution >= 4 is 0 Å². The third-order valence-electron chi connectivity index (χ3n) is 4.81. The first-order valence-electron chi connectivity index (χ1n) is 7.90. The van der Waals surface area contributed by atoms with Gasteiger partial charge in [0, 0.05) is 26.0 Å². The van der Waals surface area contributed by atoms with Gasteiger partial charge in [0.2, 0.25) is 0 Å². The van der Waals surface area contributed by atoms with E-state index in [4.69, 9.17) is 4.74 Å². The summed E-state index contributed by atoms with van der Waals surface area (Å²) in [7, 11) is 3.88. The summed E-state index contributed by atoms with van der Waals surface area (Å²) in [5.74, 6) is 1.93. The van der Waals surface area contributed by atoms with E-state index in [2.05, 4.69) is 34.9 Å². The molecule has 0 aromatic carbocycles. The zero-order valence-electron chi connectivity index (χ0n) is 13.4. The molecular weight excluding hydrogens is 250 g/mol. The van der Waals surface area contributed by atoms with Crippen LogP contribution >= 0.6 is 0 Å². The van der Waals surface area contributed by atoms with Crippen molar-refractivity contribution in [3.8, 4) is 0 Å². The average Bonchev–Trinajstić information content (AvgIpc) is 2.91. The van der Waals surface area contributed by atoms with Gasteiger partial charge in [-0.25, -0.2) is 4.98 Å². The molecule has 4 heteroatoms. The van der Waals surface area contributed by atoms with Crippen molar-refractivity contribution in [1.82, 2.24) is 14.9 Å². The van der Waals surface area contributed by atoms with Gasteiger partial charge in [0.25, 0.3) is 0 Å². The summed E-state index contributed by atoms with van der Waals surface area (Å²) in [6, 6.07) is 0.168. The maximum absolute atomic E-state index is 6.02. The van der Waals surface area contributed by atoms with Crippen molar-refractivity contribution in [3.63, 3.8) is 0 Å². The normalized spacial score (nSPS) is 28.5. The molecule has 1 fully saturated rings. The van der Waals surface area contributed by atoms with E-state index in [1.165, 1.54) is 12.8 Å². The van der Waals surface area contributed by atoms with Crippen LogP contribution in [0.3, 0.4) is 0 Å². The SMILES string of the molecule is CCCn1ccnc1C(NC)C1(OC)CCC(C)CC1. The number of hydrogen-bond acceptors (Lipinski definition) is 3. The third-order valence-corrected chi connectivity index (χ3v) is 4.81. The van der Waals surface area contributed by atoms with Crippen LogP contribution in [0.15, 0.2) is 12.4 Å². The van der Waals surface area contributed by atoms with Crippen LogP contribution < -0.4 is 5.32 Å². The summed E-state index contributed by atoms with van der Waals surface area (Å²) in [5.41, 5.74) is -0.113. The highest BCUT2D eigenvalue weighted by Gasteiger charge is 2.43. The molecule has 1 N–H and O–H groups in total. The Bertz CT molecular complexity index is 408. The molecule has 1 aliphatic carbocycles. The second-order valence-corrected chi connectivity index (χ2v) is 6.15. The van der Waals surface area contributed by atoms with E-state index in [1.54, 1.807) is 0 Å². The van der Waals surface area contributed by atoms with Crippen LogP contribution in [0.5, 0.6) is 0 Å². The zero-order valence-corrected chi connectivity index (χ0v) is 13.4. The summed E-state index contributed by atoms with van der Waals surface area (Å²) >= 11 is 0. The summed E-state index contributed by atoms with van der Waals surface area (Å²) in [6.07, 6.45) is 9.80. The van der Waals surface area contributed by atoms with Gasteiger partial charge in [0.1, 0.15) is 5.82 Å². The van der Waals surface area contributed by atoms with Gasteiger partial charge in [0.05, 0.1) is 11.6 Å². The second kappa shape index (κ2) is 6.72. The lowest BCUT2D eigenvalue weighted by molar-refractivity contribution is -0.0770. The van der Waals surface area contributed by atoms with Crippen LogP contribution in [-0.2, 0) is 11.3 Å². The van der Waals surface area contributed by atoms with Gasteiger partial charge in [-0.15, -0.1) is 0 Å². The third kappa shape index (κ3) is 2.91. The minimum Gasteiger partial charge on any atom is -0.376 e. The molecule has 0 amide bonds. The molecule has 1 aromatic heterocycles. The van der Waals surface area contributed by atoms with Crippen LogP contribution in [0, 0.1) is 5.92 Å². The fourth-order valence-electron chi connectivity index (χ4n) is 3.50. The monoisotopic (exact) mass is 279 g/mol. The van der Waals surface area contributed by atoms with E-state index in [-0.39, 0.29) is 11.6 Å². The number of hydrogen-bond donors (Lipinski definition) is 1. The van der Waals surface area contributed by atoms with Crippen molar-refractivity contribution in [1.29, 1.82) is 0 Å². The van der Waals surface area contributed by atoms with E-state index in [0.717, 1.165) is 37.5 Å². The summed E-state index contributed by atoms with van der Waals surface area (Å²) in [4.78, 5) is 4.61. The lowest BCUT2D eigenvalue weighted by Crippen LogP contribution is -2.48. The second-order valence-electron chi connectivity index (χ2n) is 6.15. The standard InChI is InChI=1S/C16H29N3O/c1-5-11-19-12-10-18-15(19)14(17-3)16(20-4)8-6-13(2)7-9-16/h10,12-14,17H,5-9,11H2,1-4H3. The van der Waals surface area contributed by atoms with Crippen molar-refractivity contribution in [2.75, 3.05) is 14.2 Å². The Morgan fingerprint density at radius 3 is 2.75 bits per heavy atom. The number of aromatic nitrogens is 2. The number of aryl methyl sites for hydroxylation is 1. The first-order valence-corrected chi connectivity index (χ1v) is 7.90. The lowest BCUT2D eigenvalue weighted by atomic mass is 9.75. The van der Waals surface area contributed by atoms with Gasteiger partial charge >= 0.3 is 0 Å². The van der Waals surface area contributed by atoms with Crippen LogP contribution in [0.2, 0.25) is 0 Å². The van der Waals surface area contributed by atoms with Gasteiger partial charge < -0.3 is 14.6 Å². The molecule has 2 rings (SSSR count). The Kier molecular flexibility index (Phi) is 5.22. The van der Waals surface area contributed by atoms with Crippen LogP contribution in [0.1, 0.15) is 57.8 Å². The topological polar surface area (TPSA) is 39.1 Å². The van der Waals surface area contributed by atoms with Gasteiger partial charge in [-0.2, -0.15) is 0 Å². The fourth-order valence-corrected chi connectivity index (χ4v) is 3.50. The minimum atomic E-state index is -0.113. The molecule has 1 aromatic rings. The molecular formula is C16H29N3O. The van der Waals surface area contributed by atoms with Gasteiger partial charge in [-0.1, -0.05) is 13.8 Å². The fraction of sp³-hybridized carbons (Fsp3) is 0.812. The number of nitrogens with one attached hydrogen (secondary N) is 1. The van der Waals surface area contributed by atoms with Gasteiger partial charge in [-0.3, -0.25) is 0 Å². The maximum atomic E-state index is 6.02. The average molecular weight is 279 g/mol. The Balaban J connectivity index is 2.27. The van der Waals surface area contributed by atoms with Crippen LogP contribution in [0.4, 0.5) is 0 Å². The zero-order chi connectivity index (χ0) is 14.6. The highest BCUT2D eigenvalue weighted by atomic mass is 16.5. The molecule has 114 valence electrons. The Morgan fingerprint density at radius 1 is 1.50 bits per heavy atom. The number of nitrogens with zero attached hydrogens (tertiary/aromatic N) is 2. The van der Waals surface area contributed by atoms with E-state index >= 15 is 0 Å². The Hall–Kier alpha value is -0.870. The lowest BCUT2D eigenvalue weighted by Gasteiger charge is -2.43. The molecule has 0 bridgehead atoms. The molecule has 20 heavy (non-hydrogen) atoms. The molecule has 0 spiro atoms. The summed E-state index contributed by atoms with van der Waals surface area (Å²) in [6.45, 7) is 5.56. The number of methoxy groups -OCH3 is 1. The molecule has 1 heterocycles. The number of imidazole rings is 1. The maximum Gasteiger partial charge on any atom is 0.128 e. The summed E-state index contributed by atoms with van der Waals surface area (Å²) in [5, 5.41) is 3.47. The quantitative estimate of drug-likeness (QED) is 0.869. The minimum absolute atomic E-state index is 0.113.